The molecular formula is C28H38O5Si2. The van der Waals surface area contributed by atoms with E-state index >= 15 is 0 Å². The number of carbonyl (C=O) groups excluding carboxylic acids is 1. The maximum Gasteiger partial charge on any atom is 0.328 e. The Morgan fingerprint density at radius 2 is 1.74 bits per heavy atom. The van der Waals surface area contributed by atoms with E-state index in [1.807, 2.05) is 48.6 Å². The van der Waals surface area contributed by atoms with Crippen molar-refractivity contribution in [2.24, 2.45) is 5.41 Å². The Bertz CT molecular complexity index is 1090. The number of hydrogen-bond donors (Lipinski definition) is 0. The summed E-state index contributed by atoms with van der Waals surface area (Å²) in [6, 6.07) is 10.1. The molecule has 5 atom stereocenters. The van der Waals surface area contributed by atoms with Crippen molar-refractivity contribution >= 4 is 22.4 Å². The minimum absolute atomic E-state index is 0.0535. The Balaban J connectivity index is 1.79. The van der Waals surface area contributed by atoms with Crippen molar-refractivity contribution in [3.8, 4) is 11.5 Å². The summed E-state index contributed by atoms with van der Waals surface area (Å²) in [6.45, 7) is 17.9. The fraction of sp³-hybridized carbons (Fsp3) is 0.536. The van der Waals surface area contributed by atoms with Gasteiger partial charge in [-0.3, -0.25) is 4.79 Å². The normalized spacial score (nSPS) is 32.0. The van der Waals surface area contributed by atoms with E-state index in [0.717, 1.165) is 5.56 Å². The van der Waals surface area contributed by atoms with E-state index in [2.05, 4.69) is 65.0 Å². The van der Waals surface area contributed by atoms with Crippen LogP contribution < -0.4 is 0 Å². The molecule has 7 heteroatoms. The molecule has 3 aliphatic rings. The average molecular weight is 511 g/mol. The van der Waals surface area contributed by atoms with E-state index in [4.69, 9.17) is 18.6 Å². The second-order valence-electron chi connectivity index (χ2n) is 12.3. The van der Waals surface area contributed by atoms with Gasteiger partial charge in [-0.1, -0.05) is 82.7 Å². The van der Waals surface area contributed by atoms with E-state index in [1.54, 1.807) is 0 Å². The van der Waals surface area contributed by atoms with E-state index in [0.29, 0.717) is 6.61 Å². The van der Waals surface area contributed by atoms with Crippen LogP contribution in [0.25, 0.3) is 0 Å². The SMILES string of the molecule is CC(C)(C)[Si](C)(C)O[C@@H]1[C@@H]2O[C@@](C#C[Si](C)(C)C)(C=C[C@@H]2OCc2ccccc2)[C@]12C=COC2=O. The molecule has 4 rings (SSSR count). The van der Waals surface area contributed by atoms with Crippen LogP contribution in [0.2, 0.25) is 37.8 Å². The maximum absolute atomic E-state index is 13.5. The summed E-state index contributed by atoms with van der Waals surface area (Å²) < 4.78 is 25.6. The lowest BCUT2D eigenvalue weighted by molar-refractivity contribution is -0.150. The Morgan fingerprint density at radius 1 is 1.06 bits per heavy atom. The quantitative estimate of drug-likeness (QED) is 0.223. The molecule has 2 bridgehead atoms. The van der Waals surface area contributed by atoms with Crippen LogP contribution in [-0.2, 0) is 30.0 Å². The second-order valence-corrected chi connectivity index (χ2v) is 21.8. The summed E-state index contributed by atoms with van der Waals surface area (Å²) in [5.74, 6) is 3.04. The first-order valence-electron chi connectivity index (χ1n) is 12.3. The van der Waals surface area contributed by atoms with Crippen molar-refractivity contribution in [2.45, 2.75) is 89.1 Å². The molecule has 1 aromatic rings. The Hall–Kier alpha value is -1.96. The van der Waals surface area contributed by atoms with E-state index in [1.165, 1.54) is 6.26 Å². The highest BCUT2D eigenvalue weighted by Gasteiger charge is 2.73. The lowest BCUT2D eigenvalue weighted by Crippen LogP contribution is -2.56. The summed E-state index contributed by atoms with van der Waals surface area (Å²) in [5, 5.41) is -0.0535. The summed E-state index contributed by atoms with van der Waals surface area (Å²) in [7, 11) is -4.07. The van der Waals surface area contributed by atoms with Gasteiger partial charge in [0.05, 0.1) is 19.0 Å². The Kier molecular flexibility index (Phi) is 6.61. The molecule has 188 valence electrons. The van der Waals surface area contributed by atoms with Crippen LogP contribution in [0.1, 0.15) is 26.3 Å². The predicted octanol–water partition coefficient (Wildman–Crippen LogP) is 5.61. The van der Waals surface area contributed by atoms with Crippen LogP contribution in [0.5, 0.6) is 0 Å². The minimum Gasteiger partial charge on any atom is -0.434 e. The van der Waals surface area contributed by atoms with Crippen LogP contribution in [-0.4, -0.2) is 46.3 Å². The summed E-state index contributed by atoms with van der Waals surface area (Å²) in [4.78, 5) is 13.5. The van der Waals surface area contributed by atoms with Crippen LogP contribution in [0.3, 0.4) is 0 Å². The highest BCUT2D eigenvalue weighted by atomic mass is 28.4. The van der Waals surface area contributed by atoms with Gasteiger partial charge in [0.2, 0.25) is 0 Å². The third-order valence-corrected chi connectivity index (χ3v) is 12.8. The highest BCUT2D eigenvalue weighted by molar-refractivity contribution is 6.83. The van der Waals surface area contributed by atoms with Gasteiger partial charge in [-0.15, -0.1) is 5.54 Å². The molecule has 0 aromatic heterocycles. The largest absolute Gasteiger partial charge is 0.434 e. The molecule has 1 spiro atoms. The van der Waals surface area contributed by atoms with Crippen molar-refractivity contribution in [3.05, 3.63) is 60.4 Å². The Labute approximate surface area is 212 Å². The van der Waals surface area contributed by atoms with E-state index in [-0.39, 0.29) is 17.1 Å². The van der Waals surface area contributed by atoms with Crippen LogP contribution in [0, 0.1) is 16.9 Å². The molecule has 3 heterocycles. The number of cyclic esters (lactones) is 1. The molecule has 0 N–H and O–H groups in total. The lowest BCUT2D eigenvalue weighted by Gasteiger charge is -2.43. The summed E-state index contributed by atoms with van der Waals surface area (Å²) in [6.07, 6.45) is 5.75. The third kappa shape index (κ3) is 4.63. The molecule has 5 nitrogen and oxygen atoms in total. The molecule has 0 saturated carbocycles. The van der Waals surface area contributed by atoms with Crippen molar-refractivity contribution in [1.82, 2.24) is 0 Å². The molecule has 35 heavy (non-hydrogen) atoms. The maximum atomic E-state index is 13.5. The van der Waals surface area contributed by atoms with Crippen LogP contribution in [0.4, 0.5) is 0 Å². The second kappa shape index (κ2) is 8.86. The van der Waals surface area contributed by atoms with Gasteiger partial charge in [0.25, 0.3) is 0 Å². The van der Waals surface area contributed by atoms with Gasteiger partial charge < -0.3 is 18.6 Å². The van der Waals surface area contributed by atoms with Gasteiger partial charge in [0, 0.05) is 0 Å². The first-order valence-corrected chi connectivity index (χ1v) is 18.8. The molecule has 1 fully saturated rings. The first-order chi connectivity index (χ1) is 16.2. The molecule has 0 radical (unpaired) electrons. The molecular weight excluding hydrogens is 472 g/mol. The van der Waals surface area contributed by atoms with E-state index in [9.17, 15) is 4.79 Å². The Morgan fingerprint density at radius 3 is 2.31 bits per heavy atom. The minimum atomic E-state index is -2.31. The summed E-state index contributed by atoms with van der Waals surface area (Å²) in [5.41, 5.74) is 2.20. The number of ether oxygens (including phenoxy) is 3. The van der Waals surface area contributed by atoms with Gasteiger partial charge in [-0.05, 0) is 35.8 Å². The van der Waals surface area contributed by atoms with Gasteiger partial charge in [0.15, 0.2) is 19.3 Å². The van der Waals surface area contributed by atoms with Crippen LogP contribution >= 0.6 is 0 Å². The van der Waals surface area contributed by atoms with Crippen molar-refractivity contribution in [2.75, 3.05) is 0 Å². The zero-order chi connectivity index (χ0) is 25.7. The number of esters is 1. The first kappa shape index (κ1) is 26.1. The fourth-order valence-electron chi connectivity index (χ4n) is 4.48. The number of hydrogen-bond acceptors (Lipinski definition) is 5. The average Bonchev–Trinajstić information content (AvgIpc) is 3.25. The zero-order valence-corrected chi connectivity index (χ0v) is 24.2. The molecule has 1 aromatic carbocycles. The molecule has 3 aliphatic heterocycles. The third-order valence-electron chi connectivity index (χ3n) is 7.51. The van der Waals surface area contributed by atoms with Gasteiger partial charge in [-0.25, -0.2) is 0 Å². The smallest absolute Gasteiger partial charge is 0.328 e. The molecule has 0 amide bonds. The lowest BCUT2D eigenvalue weighted by atomic mass is 9.70. The van der Waals surface area contributed by atoms with Gasteiger partial charge in [0.1, 0.15) is 20.3 Å². The van der Waals surface area contributed by atoms with Gasteiger partial charge >= 0.3 is 5.97 Å². The van der Waals surface area contributed by atoms with E-state index < -0.39 is 39.6 Å². The number of rotatable bonds is 5. The van der Waals surface area contributed by atoms with Gasteiger partial charge in [-0.2, -0.15) is 0 Å². The van der Waals surface area contributed by atoms with Crippen LogP contribution in [0.15, 0.2) is 54.8 Å². The predicted molar refractivity (Wildman–Crippen MR) is 143 cm³/mol. The monoisotopic (exact) mass is 510 g/mol. The fourth-order valence-corrected chi connectivity index (χ4v) is 6.35. The summed E-state index contributed by atoms with van der Waals surface area (Å²) >= 11 is 0. The van der Waals surface area contributed by atoms with Crippen molar-refractivity contribution in [1.29, 1.82) is 0 Å². The molecule has 0 unspecified atom stereocenters. The molecule has 1 saturated heterocycles. The molecule has 0 aliphatic carbocycles. The van der Waals surface area contributed by atoms with Crippen molar-refractivity contribution in [3.63, 3.8) is 0 Å². The highest BCUT2D eigenvalue weighted by Crippen LogP contribution is 2.57. The number of benzene rings is 1. The zero-order valence-electron chi connectivity index (χ0n) is 22.2. The standard InChI is InChI=1S/C28H38O5Si2/c1-26(2,3)35(7,8)33-24-23-22(31-20-21-12-10-9-11-13-21)14-15-27(32-23,17-19-34(4,5)6)28(24)16-18-30-25(28)29/h9-16,18,22-24H,20H2,1-8H3/t22-,23+,24+,27+,28+/m0/s1. The van der Waals surface area contributed by atoms with Crippen molar-refractivity contribution < 1.29 is 23.4 Å². The topological polar surface area (TPSA) is 54.0 Å². The number of fused-ring (bicyclic) bond motifs is 3. The number of carbonyl (C=O) groups is 1.